The molecule has 1 aliphatic carbocycles. The number of nitrogens with zero attached hydrogens (tertiary/aromatic N) is 2. The molecule has 0 bridgehead atoms. The standard InChI is InChI=1S/C25H21N3O2/c1-16-5-2-3-8-22(16)24-23-12-11-21(14-18(23)15-26-28-24)30-20-7-4-6-17(13-20)25(29)27-19-9-10-19/h2-8,11-15,19H,9-10H2,1H3,(H,27,29). The summed E-state index contributed by atoms with van der Waals surface area (Å²) in [5, 5.41) is 13.5. The van der Waals surface area contributed by atoms with Crippen LogP contribution in [0.5, 0.6) is 11.5 Å². The number of nitrogens with one attached hydrogen (secondary N) is 1. The van der Waals surface area contributed by atoms with E-state index >= 15 is 0 Å². The number of carbonyl (C=O) groups excluding carboxylic acids is 1. The van der Waals surface area contributed by atoms with E-state index in [1.807, 2.05) is 42.5 Å². The Bertz CT molecular complexity index is 1250. The van der Waals surface area contributed by atoms with E-state index in [2.05, 4.69) is 34.6 Å². The molecule has 3 aromatic carbocycles. The highest BCUT2D eigenvalue weighted by Crippen LogP contribution is 2.32. The van der Waals surface area contributed by atoms with Crippen molar-refractivity contribution in [2.45, 2.75) is 25.8 Å². The number of hydrogen-bond donors (Lipinski definition) is 1. The van der Waals surface area contributed by atoms with Crippen molar-refractivity contribution in [2.75, 3.05) is 0 Å². The highest BCUT2D eigenvalue weighted by atomic mass is 16.5. The number of fused-ring (bicyclic) bond motifs is 1. The van der Waals surface area contributed by atoms with Gasteiger partial charge in [0.1, 0.15) is 17.2 Å². The summed E-state index contributed by atoms with van der Waals surface area (Å²) in [5.74, 6) is 1.25. The van der Waals surface area contributed by atoms with Crippen LogP contribution in [0.4, 0.5) is 0 Å². The van der Waals surface area contributed by atoms with Crippen molar-refractivity contribution in [3.05, 3.63) is 84.1 Å². The van der Waals surface area contributed by atoms with Gasteiger partial charge >= 0.3 is 0 Å². The van der Waals surface area contributed by atoms with Crippen molar-refractivity contribution in [1.82, 2.24) is 15.5 Å². The molecule has 1 heterocycles. The molecule has 1 aliphatic rings. The highest BCUT2D eigenvalue weighted by molar-refractivity contribution is 5.96. The van der Waals surface area contributed by atoms with Crippen molar-refractivity contribution >= 4 is 16.7 Å². The molecular formula is C25H21N3O2. The van der Waals surface area contributed by atoms with E-state index in [9.17, 15) is 4.79 Å². The Morgan fingerprint density at radius 2 is 1.83 bits per heavy atom. The fourth-order valence-corrected chi connectivity index (χ4v) is 3.50. The molecule has 1 fully saturated rings. The van der Waals surface area contributed by atoms with Gasteiger partial charge in [-0.25, -0.2) is 0 Å². The second kappa shape index (κ2) is 7.59. The summed E-state index contributed by atoms with van der Waals surface area (Å²) in [5.41, 5.74) is 3.68. The Balaban J connectivity index is 1.44. The van der Waals surface area contributed by atoms with Crippen LogP contribution in [0.15, 0.2) is 72.9 Å². The average molecular weight is 395 g/mol. The maximum absolute atomic E-state index is 12.3. The Hall–Kier alpha value is -3.73. The van der Waals surface area contributed by atoms with E-state index < -0.39 is 0 Å². The molecule has 5 nitrogen and oxygen atoms in total. The van der Waals surface area contributed by atoms with Crippen LogP contribution < -0.4 is 10.1 Å². The molecule has 4 aromatic rings. The lowest BCUT2D eigenvalue weighted by molar-refractivity contribution is 0.0950. The summed E-state index contributed by atoms with van der Waals surface area (Å²) in [7, 11) is 0. The molecule has 5 rings (SSSR count). The zero-order valence-electron chi connectivity index (χ0n) is 16.6. The second-order valence-corrected chi connectivity index (χ2v) is 7.63. The molecule has 1 amide bonds. The Morgan fingerprint density at radius 3 is 2.67 bits per heavy atom. The van der Waals surface area contributed by atoms with Gasteiger partial charge in [-0.05, 0) is 61.7 Å². The number of benzene rings is 3. The summed E-state index contributed by atoms with van der Waals surface area (Å²) in [6.45, 7) is 2.07. The van der Waals surface area contributed by atoms with Gasteiger partial charge < -0.3 is 10.1 Å². The molecule has 0 unspecified atom stereocenters. The third-order valence-electron chi connectivity index (χ3n) is 5.28. The second-order valence-electron chi connectivity index (χ2n) is 7.63. The molecule has 0 aliphatic heterocycles. The quantitative estimate of drug-likeness (QED) is 0.499. The Labute approximate surface area is 174 Å². The zero-order valence-corrected chi connectivity index (χ0v) is 16.6. The molecule has 1 aromatic heterocycles. The topological polar surface area (TPSA) is 64.1 Å². The van der Waals surface area contributed by atoms with Crippen LogP contribution in [0.1, 0.15) is 28.8 Å². The molecule has 148 valence electrons. The van der Waals surface area contributed by atoms with Crippen LogP contribution in [0, 0.1) is 6.92 Å². The van der Waals surface area contributed by atoms with Gasteiger partial charge in [0.05, 0.1) is 6.20 Å². The number of amides is 1. The van der Waals surface area contributed by atoms with Crippen LogP contribution in [-0.4, -0.2) is 22.1 Å². The van der Waals surface area contributed by atoms with Gasteiger partial charge in [-0.3, -0.25) is 4.79 Å². The number of carbonyl (C=O) groups is 1. The third kappa shape index (κ3) is 3.74. The monoisotopic (exact) mass is 395 g/mol. The molecule has 0 atom stereocenters. The van der Waals surface area contributed by atoms with Crippen LogP contribution in [0.25, 0.3) is 22.0 Å². The van der Waals surface area contributed by atoms with Crippen molar-refractivity contribution in [3.8, 4) is 22.8 Å². The van der Waals surface area contributed by atoms with Crippen molar-refractivity contribution < 1.29 is 9.53 Å². The predicted octanol–water partition coefficient (Wildman–Crippen LogP) is 5.29. The number of ether oxygens (including phenoxy) is 1. The number of hydrogen-bond acceptors (Lipinski definition) is 4. The van der Waals surface area contributed by atoms with Crippen molar-refractivity contribution in [3.63, 3.8) is 0 Å². The molecule has 1 saturated carbocycles. The maximum atomic E-state index is 12.3. The summed E-state index contributed by atoms with van der Waals surface area (Å²) >= 11 is 0. The first-order chi connectivity index (χ1) is 14.7. The fourth-order valence-electron chi connectivity index (χ4n) is 3.50. The van der Waals surface area contributed by atoms with E-state index in [1.165, 1.54) is 0 Å². The first kappa shape index (κ1) is 18.3. The van der Waals surface area contributed by atoms with E-state index in [0.29, 0.717) is 23.1 Å². The molecule has 1 N–H and O–H groups in total. The lowest BCUT2D eigenvalue weighted by Crippen LogP contribution is -2.25. The van der Waals surface area contributed by atoms with Gasteiger partial charge in [-0.1, -0.05) is 30.3 Å². The summed E-state index contributed by atoms with van der Waals surface area (Å²) in [6, 6.07) is 21.6. The largest absolute Gasteiger partial charge is 0.457 e. The van der Waals surface area contributed by atoms with Gasteiger partial charge in [0, 0.05) is 27.9 Å². The van der Waals surface area contributed by atoms with E-state index in [-0.39, 0.29) is 5.91 Å². The normalized spacial score (nSPS) is 13.2. The maximum Gasteiger partial charge on any atom is 0.251 e. The van der Waals surface area contributed by atoms with Crippen molar-refractivity contribution in [1.29, 1.82) is 0 Å². The Kier molecular flexibility index (Phi) is 4.64. The zero-order chi connectivity index (χ0) is 20.5. The lowest BCUT2D eigenvalue weighted by atomic mass is 10.0. The molecule has 0 spiro atoms. The van der Waals surface area contributed by atoms with Gasteiger partial charge in [0.25, 0.3) is 5.91 Å². The summed E-state index contributed by atoms with van der Waals surface area (Å²) in [6.07, 6.45) is 3.86. The Morgan fingerprint density at radius 1 is 1.00 bits per heavy atom. The van der Waals surface area contributed by atoms with Crippen LogP contribution >= 0.6 is 0 Å². The SMILES string of the molecule is Cc1ccccc1-c1nncc2cc(Oc3cccc(C(=O)NC4CC4)c3)ccc12. The first-order valence-electron chi connectivity index (χ1n) is 10.1. The molecule has 0 saturated heterocycles. The smallest absolute Gasteiger partial charge is 0.251 e. The van der Waals surface area contributed by atoms with Gasteiger partial charge in [0.15, 0.2) is 0 Å². The van der Waals surface area contributed by atoms with E-state index in [4.69, 9.17) is 4.74 Å². The third-order valence-corrected chi connectivity index (χ3v) is 5.28. The first-order valence-corrected chi connectivity index (χ1v) is 10.1. The predicted molar refractivity (Wildman–Crippen MR) is 117 cm³/mol. The van der Waals surface area contributed by atoms with Gasteiger partial charge in [0.2, 0.25) is 0 Å². The van der Waals surface area contributed by atoms with Gasteiger partial charge in [-0.2, -0.15) is 5.10 Å². The van der Waals surface area contributed by atoms with Gasteiger partial charge in [-0.15, -0.1) is 5.10 Å². The molecule has 30 heavy (non-hydrogen) atoms. The van der Waals surface area contributed by atoms with Crippen LogP contribution in [-0.2, 0) is 0 Å². The summed E-state index contributed by atoms with van der Waals surface area (Å²) < 4.78 is 6.04. The molecule has 5 heteroatoms. The van der Waals surface area contributed by atoms with Crippen LogP contribution in [0.2, 0.25) is 0 Å². The number of aryl methyl sites for hydroxylation is 1. The number of aromatic nitrogens is 2. The molecular weight excluding hydrogens is 374 g/mol. The highest BCUT2D eigenvalue weighted by Gasteiger charge is 2.23. The fraction of sp³-hybridized carbons (Fsp3) is 0.160. The van der Waals surface area contributed by atoms with E-state index in [0.717, 1.165) is 40.4 Å². The van der Waals surface area contributed by atoms with Crippen LogP contribution in [0.3, 0.4) is 0 Å². The average Bonchev–Trinajstić information content (AvgIpc) is 3.58. The lowest BCUT2D eigenvalue weighted by Gasteiger charge is -2.11. The minimum absolute atomic E-state index is 0.0559. The molecule has 0 radical (unpaired) electrons. The number of rotatable bonds is 5. The summed E-state index contributed by atoms with van der Waals surface area (Å²) in [4.78, 5) is 12.3. The van der Waals surface area contributed by atoms with Crippen molar-refractivity contribution in [2.24, 2.45) is 0 Å². The van der Waals surface area contributed by atoms with E-state index in [1.54, 1.807) is 18.3 Å². The minimum Gasteiger partial charge on any atom is -0.457 e. The minimum atomic E-state index is -0.0559.